The number of nitrogens with two attached hydrogens (primary N) is 4. The smallest absolute Gasteiger partial charge is 0 e. The van der Waals surface area contributed by atoms with Crippen LogP contribution in [0.2, 0.25) is 0 Å². The molecule has 0 unspecified atom stereocenters. The maximum absolute atomic E-state index is 0. The molecule has 0 bridgehead atoms. The summed E-state index contributed by atoms with van der Waals surface area (Å²) in [6.45, 7) is 0. The molecular formula is H12N4O2Pd-4. The first-order valence-corrected chi connectivity index (χ1v) is 0. The van der Waals surface area contributed by atoms with Crippen LogP contribution in [0.1, 0.15) is 0 Å². The molecule has 0 aliphatic carbocycles. The van der Waals surface area contributed by atoms with E-state index in [1.807, 2.05) is 0 Å². The predicted octanol–water partition coefficient (Wildman–Crippen LogP) is 1.22. The van der Waals surface area contributed by atoms with Crippen molar-refractivity contribution in [1.29, 1.82) is 0 Å². The van der Waals surface area contributed by atoms with E-state index < -0.39 is 0 Å². The van der Waals surface area contributed by atoms with Gasteiger partial charge in [0.25, 0.3) is 0 Å². The fourth-order valence-electron chi connectivity index (χ4n) is 0. The monoisotopic (exact) mass is 206 g/mol. The SMILES string of the molecule is O.O.[NH2-].[NH2-].[NH2-].[NH2-].[Pd]. The van der Waals surface area contributed by atoms with Gasteiger partial charge >= 0.3 is 0 Å². The summed E-state index contributed by atoms with van der Waals surface area (Å²) in [5.74, 6) is 0. The van der Waals surface area contributed by atoms with Crippen LogP contribution in [0.3, 0.4) is 0 Å². The minimum absolute atomic E-state index is 0. The van der Waals surface area contributed by atoms with Crippen molar-refractivity contribution in [1.82, 2.24) is 0 Å². The maximum Gasteiger partial charge on any atom is 0 e. The van der Waals surface area contributed by atoms with E-state index in [4.69, 9.17) is 0 Å². The van der Waals surface area contributed by atoms with Crippen LogP contribution < -0.4 is 0 Å². The zero-order chi connectivity index (χ0) is 0. The van der Waals surface area contributed by atoms with Crippen LogP contribution in [0.15, 0.2) is 0 Å². The molecule has 12 N–H and O–H groups in total. The summed E-state index contributed by atoms with van der Waals surface area (Å²) in [5.41, 5.74) is 0. The van der Waals surface area contributed by atoms with Gasteiger partial charge in [0.1, 0.15) is 0 Å². The van der Waals surface area contributed by atoms with E-state index in [2.05, 4.69) is 0 Å². The normalized spacial score (nSPS) is 0. The van der Waals surface area contributed by atoms with Crippen molar-refractivity contribution < 1.29 is 31.4 Å². The molecule has 0 heterocycles. The average Bonchev–Trinajstić information content (AvgIpc) is 0. The van der Waals surface area contributed by atoms with E-state index in [0.717, 1.165) is 0 Å². The number of rotatable bonds is 0. The van der Waals surface area contributed by atoms with Gasteiger partial charge in [0.05, 0.1) is 0 Å². The third-order valence-corrected chi connectivity index (χ3v) is 0. The van der Waals surface area contributed by atoms with E-state index in [1.165, 1.54) is 0 Å². The van der Waals surface area contributed by atoms with Crippen molar-refractivity contribution in [2.24, 2.45) is 0 Å². The molecule has 0 aromatic carbocycles. The van der Waals surface area contributed by atoms with Crippen LogP contribution in [0.5, 0.6) is 0 Å². The number of hydrogen-bond acceptors (Lipinski definition) is 0. The Morgan fingerprint density at radius 2 is 0.429 bits per heavy atom. The van der Waals surface area contributed by atoms with Crippen molar-refractivity contribution >= 4 is 0 Å². The Bertz CT molecular complexity index is 9.65. The quantitative estimate of drug-likeness (QED) is 0.514. The largest absolute Gasteiger partial charge is 0.693 e. The van der Waals surface area contributed by atoms with Crippen molar-refractivity contribution in [2.75, 3.05) is 0 Å². The van der Waals surface area contributed by atoms with Gasteiger partial charge in [-0.25, -0.2) is 0 Å². The molecule has 0 fully saturated rings. The summed E-state index contributed by atoms with van der Waals surface area (Å²) in [5, 5.41) is 0. The minimum atomic E-state index is 0. The molecule has 0 amide bonds. The molecular weight excluding hydrogens is 194 g/mol. The molecule has 0 radical (unpaired) electrons. The van der Waals surface area contributed by atoms with E-state index in [9.17, 15) is 0 Å². The molecule has 0 spiro atoms. The zero-order valence-electron chi connectivity index (χ0n) is 3.63. The van der Waals surface area contributed by atoms with Crippen LogP contribution >= 0.6 is 0 Å². The van der Waals surface area contributed by atoms with Crippen LogP contribution in [0, 0.1) is 0 Å². The van der Waals surface area contributed by atoms with Gasteiger partial charge in [-0.3, -0.25) is 0 Å². The van der Waals surface area contributed by atoms with Crippen molar-refractivity contribution in [3.05, 3.63) is 24.6 Å². The van der Waals surface area contributed by atoms with Crippen LogP contribution in [0.4, 0.5) is 0 Å². The zero-order valence-corrected chi connectivity index (χ0v) is 5.18. The summed E-state index contributed by atoms with van der Waals surface area (Å²) in [4.78, 5) is 0. The molecule has 0 saturated carbocycles. The molecule has 7 heavy (non-hydrogen) atoms. The molecule has 0 aromatic rings. The first-order chi connectivity index (χ1) is 0. The minimum Gasteiger partial charge on any atom is -0.693 e. The first kappa shape index (κ1) is 1720. The molecule has 6 nitrogen and oxygen atoms in total. The van der Waals surface area contributed by atoms with E-state index in [0.29, 0.717) is 0 Å². The third kappa shape index (κ3) is 704. The summed E-state index contributed by atoms with van der Waals surface area (Å²) in [6.07, 6.45) is 0. The van der Waals surface area contributed by atoms with Crippen LogP contribution in [-0.2, 0) is 20.4 Å². The van der Waals surface area contributed by atoms with Crippen LogP contribution in [0.25, 0.3) is 24.6 Å². The fourth-order valence-corrected chi connectivity index (χ4v) is 0. The van der Waals surface area contributed by atoms with Crippen molar-refractivity contribution in [3.63, 3.8) is 0 Å². The van der Waals surface area contributed by atoms with Gasteiger partial charge in [-0.1, -0.05) is 0 Å². The molecule has 0 aliphatic rings. The van der Waals surface area contributed by atoms with Gasteiger partial charge < -0.3 is 35.6 Å². The van der Waals surface area contributed by atoms with Gasteiger partial charge in [-0.2, -0.15) is 0 Å². The van der Waals surface area contributed by atoms with E-state index >= 15 is 0 Å². The fraction of sp³-hybridized carbons (Fsp3) is 0. The third-order valence-electron chi connectivity index (χ3n) is 0. The van der Waals surface area contributed by atoms with Gasteiger partial charge in [-0.15, -0.1) is 0 Å². The Morgan fingerprint density at radius 3 is 0.429 bits per heavy atom. The predicted molar refractivity (Wildman–Crippen MR) is 28.4 cm³/mol. The van der Waals surface area contributed by atoms with E-state index in [1.54, 1.807) is 0 Å². The summed E-state index contributed by atoms with van der Waals surface area (Å²) in [7, 11) is 0. The molecule has 58 valence electrons. The standard InChI is InChI=1S/4H2N.2H2O.Pd/h6*1H2;/q4*-1;;;. The van der Waals surface area contributed by atoms with Gasteiger partial charge in [0.2, 0.25) is 0 Å². The second-order valence-electron chi connectivity index (χ2n) is 0. The Hall–Kier alpha value is 0.422. The molecule has 0 rings (SSSR count). The van der Waals surface area contributed by atoms with Crippen LogP contribution in [-0.4, -0.2) is 11.0 Å². The van der Waals surface area contributed by atoms with Gasteiger partial charge in [0.15, 0.2) is 0 Å². The number of hydrogen-bond donors (Lipinski definition) is 0. The molecule has 0 aliphatic heterocycles. The van der Waals surface area contributed by atoms with Crippen molar-refractivity contribution in [2.45, 2.75) is 0 Å². The Kier molecular flexibility index (Phi) is 260000. The summed E-state index contributed by atoms with van der Waals surface area (Å²) >= 11 is 0. The molecule has 7 heteroatoms. The second kappa shape index (κ2) is 1060. The molecule has 0 aromatic heterocycles. The molecule has 0 atom stereocenters. The van der Waals surface area contributed by atoms with Gasteiger partial charge in [-0.05, 0) is 0 Å². The Labute approximate surface area is 56.7 Å². The topological polar surface area (TPSA) is 197 Å². The average molecular weight is 207 g/mol. The van der Waals surface area contributed by atoms with E-state index in [-0.39, 0.29) is 56.0 Å². The summed E-state index contributed by atoms with van der Waals surface area (Å²) in [6, 6.07) is 0. The van der Waals surface area contributed by atoms with Crippen molar-refractivity contribution in [3.8, 4) is 0 Å². The maximum atomic E-state index is 0. The molecule has 0 saturated heterocycles. The summed E-state index contributed by atoms with van der Waals surface area (Å²) < 4.78 is 0. The first-order valence-electron chi connectivity index (χ1n) is 0. The Morgan fingerprint density at radius 1 is 0.429 bits per heavy atom. The van der Waals surface area contributed by atoms with Gasteiger partial charge in [0, 0.05) is 20.4 Å². The Balaban J connectivity index is 0. The second-order valence-corrected chi connectivity index (χ2v) is 0.